The van der Waals surface area contributed by atoms with Gasteiger partial charge in [0.15, 0.2) is 0 Å². The molecule has 8 heteroatoms. The van der Waals surface area contributed by atoms with Crippen LogP contribution in [0.4, 0.5) is 5.69 Å². The first-order valence-electron chi connectivity index (χ1n) is 7.91. The van der Waals surface area contributed by atoms with E-state index in [4.69, 9.17) is 0 Å². The minimum absolute atomic E-state index is 0.109. The molecule has 2 aromatic carbocycles. The number of rotatable bonds is 7. The first-order valence-corrected chi connectivity index (χ1v) is 10.8. The number of sulfonamides is 1. The van der Waals surface area contributed by atoms with E-state index in [0.29, 0.717) is 11.3 Å². The fraction of sp³-hybridized carbons (Fsp3) is 0.278. The summed E-state index contributed by atoms with van der Waals surface area (Å²) in [4.78, 5) is 12.1. The Bertz CT molecular complexity index is 907. The zero-order valence-corrected chi connectivity index (χ0v) is 16.6. The van der Waals surface area contributed by atoms with Crippen molar-refractivity contribution in [3.8, 4) is 0 Å². The van der Waals surface area contributed by atoms with Crippen LogP contribution in [0.1, 0.15) is 11.1 Å². The van der Waals surface area contributed by atoms with E-state index in [-0.39, 0.29) is 22.3 Å². The van der Waals surface area contributed by atoms with Crippen LogP contribution in [-0.4, -0.2) is 42.7 Å². The zero-order valence-electron chi connectivity index (χ0n) is 14.9. The van der Waals surface area contributed by atoms with Crippen molar-refractivity contribution in [3.63, 3.8) is 0 Å². The van der Waals surface area contributed by atoms with Crippen molar-refractivity contribution in [3.05, 3.63) is 59.7 Å². The number of carbonyl (C=O) groups is 1. The molecular weight excluding hydrogens is 372 g/mol. The van der Waals surface area contributed by atoms with Crippen molar-refractivity contribution in [2.75, 3.05) is 25.2 Å². The molecule has 0 heterocycles. The lowest BCUT2D eigenvalue weighted by Crippen LogP contribution is -2.22. The third kappa shape index (κ3) is 5.48. The number of hydrogen-bond donors (Lipinski definition) is 1. The topological polar surface area (TPSA) is 83.5 Å². The largest absolute Gasteiger partial charge is 0.325 e. The molecular formula is C18H22N2O4S2. The third-order valence-electron chi connectivity index (χ3n) is 3.63. The summed E-state index contributed by atoms with van der Waals surface area (Å²) in [5.41, 5.74) is 2.34. The Balaban J connectivity index is 1.99. The number of nitrogens with one attached hydrogen (secondary N) is 1. The molecule has 6 nitrogen and oxygen atoms in total. The quantitative estimate of drug-likeness (QED) is 0.780. The molecule has 0 bridgehead atoms. The summed E-state index contributed by atoms with van der Waals surface area (Å²) in [6, 6.07) is 13.6. The molecule has 0 saturated carbocycles. The number of anilines is 1. The first kappa shape index (κ1) is 20.3. The van der Waals surface area contributed by atoms with Gasteiger partial charge >= 0.3 is 0 Å². The van der Waals surface area contributed by atoms with Gasteiger partial charge in [-0.05, 0) is 36.8 Å². The number of benzene rings is 2. The van der Waals surface area contributed by atoms with Gasteiger partial charge in [0.2, 0.25) is 15.9 Å². The zero-order chi connectivity index (χ0) is 19.3. The Hall–Kier alpha value is -2.03. The normalized spacial score (nSPS) is 12.8. The lowest BCUT2D eigenvalue weighted by atomic mass is 10.2. The van der Waals surface area contributed by atoms with E-state index in [9.17, 15) is 17.4 Å². The summed E-state index contributed by atoms with van der Waals surface area (Å²) in [5.74, 6) is -0.388. The SMILES string of the molecule is Cc1ccc(NC(=O)C[S@](=O)Cc2cccc(S(=O)(=O)N(C)C)c2)cc1. The van der Waals surface area contributed by atoms with Crippen LogP contribution in [-0.2, 0) is 31.4 Å². The van der Waals surface area contributed by atoms with E-state index in [1.165, 1.54) is 26.2 Å². The average molecular weight is 395 g/mol. The molecule has 0 saturated heterocycles. The van der Waals surface area contributed by atoms with Crippen LogP contribution in [0.15, 0.2) is 53.4 Å². The molecule has 1 N–H and O–H groups in total. The van der Waals surface area contributed by atoms with E-state index < -0.39 is 20.8 Å². The maximum absolute atomic E-state index is 12.3. The fourth-order valence-electron chi connectivity index (χ4n) is 2.22. The van der Waals surface area contributed by atoms with Gasteiger partial charge in [-0.3, -0.25) is 9.00 Å². The maximum Gasteiger partial charge on any atom is 0.242 e. The summed E-state index contributed by atoms with van der Waals surface area (Å²) in [7, 11) is -2.08. The molecule has 0 aliphatic carbocycles. The molecule has 1 atom stereocenters. The molecule has 2 rings (SSSR count). The smallest absolute Gasteiger partial charge is 0.242 e. The highest BCUT2D eigenvalue weighted by Crippen LogP contribution is 2.16. The average Bonchev–Trinajstić information content (AvgIpc) is 2.56. The third-order valence-corrected chi connectivity index (χ3v) is 6.68. The van der Waals surface area contributed by atoms with Gasteiger partial charge in [-0.2, -0.15) is 0 Å². The molecule has 140 valence electrons. The van der Waals surface area contributed by atoms with Gasteiger partial charge < -0.3 is 5.32 Å². The highest BCUT2D eigenvalue weighted by molar-refractivity contribution is 7.89. The van der Waals surface area contributed by atoms with Crippen molar-refractivity contribution in [1.29, 1.82) is 0 Å². The van der Waals surface area contributed by atoms with Gasteiger partial charge in [0.25, 0.3) is 0 Å². The Morgan fingerprint density at radius 1 is 1.12 bits per heavy atom. The Morgan fingerprint density at radius 3 is 2.38 bits per heavy atom. The molecule has 1 amide bonds. The Labute approximate surface area is 156 Å². The first-order chi connectivity index (χ1) is 12.2. The second-order valence-corrected chi connectivity index (χ2v) is 9.69. The van der Waals surface area contributed by atoms with Crippen LogP contribution in [0.5, 0.6) is 0 Å². The second-order valence-electron chi connectivity index (χ2n) is 6.08. The number of amides is 1. The van der Waals surface area contributed by atoms with Crippen LogP contribution < -0.4 is 5.32 Å². The Kier molecular flexibility index (Phi) is 6.69. The van der Waals surface area contributed by atoms with E-state index >= 15 is 0 Å². The van der Waals surface area contributed by atoms with Crippen LogP contribution in [0.2, 0.25) is 0 Å². The van der Waals surface area contributed by atoms with Gasteiger partial charge in [0.05, 0.1) is 4.90 Å². The van der Waals surface area contributed by atoms with E-state index in [0.717, 1.165) is 9.87 Å². The molecule has 0 aliphatic rings. The lowest BCUT2D eigenvalue weighted by molar-refractivity contribution is -0.113. The van der Waals surface area contributed by atoms with Gasteiger partial charge in [-0.1, -0.05) is 29.8 Å². The van der Waals surface area contributed by atoms with Gasteiger partial charge in [0.1, 0.15) is 5.75 Å². The van der Waals surface area contributed by atoms with Gasteiger partial charge in [-0.15, -0.1) is 0 Å². The fourth-order valence-corrected chi connectivity index (χ4v) is 4.21. The number of nitrogens with zero attached hydrogens (tertiary/aromatic N) is 1. The number of aryl methyl sites for hydroxylation is 1. The van der Waals surface area contributed by atoms with Gasteiger partial charge in [0, 0.05) is 36.3 Å². The summed E-state index contributed by atoms with van der Waals surface area (Å²) in [6.45, 7) is 1.95. The number of hydrogen-bond acceptors (Lipinski definition) is 4. The minimum atomic E-state index is -3.55. The molecule has 2 aromatic rings. The summed E-state index contributed by atoms with van der Waals surface area (Å²) in [5, 5.41) is 2.70. The molecule has 0 aliphatic heterocycles. The molecule has 0 fully saturated rings. The van der Waals surface area contributed by atoms with Crippen molar-refractivity contribution in [2.24, 2.45) is 0 Å². The van der Waals surface area contributed by atoms with Crippen LogP contribution in [0.3, 0.4) is 0 Å². The number of carbonyl (C=O) groups excluding carboxylic acids is 1. The van der Waals surface area contributed by atoms with Crippen molar-refractivity contribution < 1.29 is 17.4 Å². The van der Waals surface area contributed by atoms with Gasteiger partial charge in [-0.25, -0.2) is 12.7 Å². The monoisotopic (exact) mass is 394 g/mol. The molecule has 0 radical (unpaired) electrons. The highest BCUT2D eigenvalue weighted by atomic mass is 32.2. The lowest BCUT2D eigenvalue weighted by Gasteiger charge is -2.12. The van der Waals surface area contributed by atoms with E-state index in [1.54, 1.807) is 24.3 Å². The predicted octanol–water partition coefficient (Wildman–Crippen LogP) is 2.13. The van der Waals surface area contributed by atoms with Crippen LogP contribution in [0.25, 0.3) is 0 Å². The maximum atomic E-state index is 12.3. The summed E-state index contributed by atoms with van der Waals surface area (Å²) in [6.07, 6.45) is 0. The van der Waals surface area contributed by atoms with Crippen molar-refractivity contribution >= 4 is 32.4 Å². The van der Waals surface area contributed by atoms with Crippen LogP contribution >= 0.6 is 0 Å². The highest BCUT2D eigenvalue weighted by Gasteiger charge is 2.18. The second kappa shape index (κ2) is 8.57. The predicted molar refractivity (Wildman–Crippen MR) is 104 cm³/mol. The van der Waals surface area contributed by atoms with Crippen LogP contribution in [0, 0.1) is 6.92 Å². The standard InChI is InChI=1S/C18H22N2O4S2/c1-14-7-9-16(10-8-14)19-18(21)13-25(22)12-15-5-4-6-17(11-15)26(23,24)20(2)3/h4-11H,12-13H2,1-3H3,(H,19,21)/t25-/m1/s1. The minimum Gasteiger partial charge on any atom is -0.325 e. The van der Waals surface area contributed by atoms with E-state index in [1.807, 2.05) is 19.1 Å². The molecule has 0 aromatic heterocycles. The van der Waals surface area contributed by atoms with E-state index in [2.05, 4.69) is 5.32 Å². The summed E-state index contributed by atoms with van der Waals surface area (Å²) < 4.78 is 37.7. The molecule has 0 unspecified atom stereocenters. The molecule has 26 heavy (non-hydrogen) atoms. The van der Waals surface area contributed by atoms with Crippen molar-refractivity contribution in [2.45, 2.75) is 17.6 Å². The summed E-state index contributed by atoms with van der Waals surface area (Å²) >= 11 is 0. The van der Waals surface area contributed by atoms with Crippen molar-refractivity contribution in [1.82, 2.24) is 4.31 Å². The molecule has 0 spiro atoms. The Morgan fingerprint density at radius 2 is 1.77 bits per heavy atom.